The second-order valence-electron chi connectivity index (χ2n) is 5.00. The molecule has 1 fully saturated rings. The van der Waals surface area contributed by atoms with Gasteiger partial charge in [-0.05, 0) is 19.4 Å². The van der Waals surface area contributed by atoms with Gasteiger partial charge in [-0.2, -0.15) is 0 Å². The molecule has 1 rings (SSSR count). The molecule has 2 amide bonds. The van der Waals surface area contributed by atoms with E-state index in [4.69, 9.17) is 5.73 Å². The second kappa shape index (κ2) is 9.50. The van der Waals surface area contributed by atoms with Gasteiger partial charge in [0.15, 0.2) is 0 Å². The molecule has 0 aromatic heterocycles. The maximum atomic E-state index is 11.9. The van der Waals surface area contributed by atoms with Crippen molar-refractivity contribution in [2.45, 2.75) is 19.3 Å². The molecule has 0 bridgehead atoms. The van der Waals surface area contributed by atoms with Gasteiger partial charge in [-0.15, -0.1) is 6.58 Å². The lowest BCUT2D eigenvalue weighted by molar-refractivity contribution is -0.133. The lowest BCUT2D eigenvalue weighted by atomic mass is 10.2. The predicted octanol–water partition coefficient (Wildman–Crippen LogP) is -0.438. The Morgan fingerprint density at radius 1 is 1.20 bits per heavy atom. The van der Waals surface area contributed by atoms with Crippen LogP contribution in [0.25, 0.3) is 0 Å². The number of nitrogens with one attached hydrogen (secondary N) is 1. The van der Waals surface area contributed by atoms with E-state index in [0.717, 1.165) is 25.9 Å². The van der Waals surface area contributed by atoms with Gasteiger partial charge in [0.2, 0.25) is 11.8 Å². The van der Waals surface area contributed by atoms with Crippen LogP contribution >= 0.6 is 0 Å². The van der Waals surface area contributed by atoms with E-state index < -0.39 is 0 Å². The van der Waals surface area contributed by atoms with E-state index >= 15 is 0 Å². The Bertz CT molecular complexity index is 325. The summed E-state index contributed by atoms with van der Waals surface area (Å²) >= 11 is 0. The molecule has 0 saturated carbocycles. The maximum Gasteiger partial charge on any atom is 0.234 e. The normalized spacial score (nSPS) is 15.9. The van der Waals surface area contributed by atoms with E-state index in [0.29, 0.717) is 39.1 Å². The molecule has 0 aromatic rings. The first-order valence-corrected chi connectivity index (χ1v) is 7.25. The lowest BCUT2D eigenvalue weighted by Gasteiger charge is -2.34. The van der Waals surface area contributed by atoms with Crippen molar-refractivity contribution in [2.75, 3.05) is 45.8 Å². The Morgan fingerprint density at radius 3 is 2.50 bits per heavy atom. The minimum Gasteiger partial charge on any atom is -0.352 e. The maximum absolute atomic E-state index is 11.9. The van der Waals surface area contributed by atoms with Crippen LogP contribution in [0.3, 0.4) is 0 Å². The van der Waals surface area contributed by atoms with Crippen LogP contribution in [0.5, 0.6) is 0 Å². The number of nitrogens with zero attached hydrogens (tertiary/aromatic N) is 2. The summed E-state index contributed by atoms with van der Waals surface area (Å²) in [6.45, 7) is 8.01. The number of hydrogen-bond acceptors (Lipinski definition) is 4. The van der Waals surface area contributed by atoms with Gasteiger partial charge < -0.3 is 16.0 Å². The van der Waals surface area contributed by atoms with Crippen molar-refractivity contribution in [3.63, 3.8) is 0 Å². The average Bonchev–Trinajstić information content (AvgIpc) is 2.46. The minimum atomic E-state index is 0.00706. The van der Waals surface area contributed by atoms with Crippen LogP contribution in [-0.4, -0.2) is 67.4 Å². The number of rotatable bonds is 8. The first kappa shape index (κ1) is 16.7. The highest BCUT2D eigenvalue weighted by Crippen LogP contribution is 2.06. The summed E-state index contributed by atoms with van der Waals surface area (Å²) in [4.78, 5) is 27.4. The third-order valence-electron chi connectivity index (χ3n) is 3.38. The zero-order valence-corrected chi connectivity index (χ0v) is 12.1. The quantitative estimate of drug-likeness (QED) is 0.467. The summed E-state index contributed by atoms with van der Waals surface area (Å²) in [5.74, 6) is 0.210. The Labute approximate surface area is 121 Å². The molecule has 6 heteroatoms. The number of carbonyl (C=O) groups is 2. The zero-order chi connectivity index (χ0) is 14.8. The molecule has 1 heterocycles. The molecule has 0 atom stereocenters. The van der Waals surface area contributed by atoms with Crippen LogP contribution < -0.4 is 11.1 Å². The fourth-order valence-corrected chi connectivity index (χ4v) is 2.18. The number of piperazine rings is 1. The topological polar surface area (TPSA) is 78.7 Å². The largest absolute Gasteiger partial charge is 0.352 e. The molecule has 0 radical (unpaired) electrons. The third kappa shape index (κ3) is 6.16. The van der Waals surface area contributed by atoms with E-state index in [1.165, 1.54) is 0 Å². The molecule has 114 valence electrons. The van der Waals surface area contributed by atoms with E-state index in [1.54, 1.807) is 6.08 Å². The van der Waals surface area contributed by atoms with Crippen LogP contribution in [0.1, 0.15) is 19.3 Å². The van der Waals surface area contributed by atoms with E-state index in [9.17, 15) is 9.59 Å². The average molecular weight is 282 g/mol. The smallest absolute Gasteiger partial charge is 0.234 e. The van der Waals surface area contributed by atoms with Gasteiger partial charge in [0.1, 0.15) is 0 Å². The number of hydrogen-bond donors (Lipinski definition) is 2. The molecule has 1 aliphatic heterocycles. The van der Waals surface area contributed by atoms with E-state index in [-0.39, 0.29) is 11.8 Å². The Balaban J connectivity index is 2.20. The van der Waals surface area contributed by atoms with Crippen molar-refractivity contribution in [1.29, 1.82) is 0 Å². The third-order valence-corrected chi connectivity index (χ3v) is 3.38. The molecule has 20 heavy (non-hydrogen) atoms. The molecule has 1 saturated heterocycles. The summed E-state index contributed by atoms with van der Waals surface area (Å²) in [5.41, 5.74) is 5.42. The second-order valence-corrected chi connectivity index (χ2v) is 5.00. The fourth-order valence-electron chi connectivity index (χ4n) is 2.18. The monoisotopic (exact) mass is 282 g/mol. The van der Waals surface area contributed by atoms with Crippen molar-refractivity contribution >= 4 is 11.8 Å². The van der Waals surface area contributed by atoms with Gasteiger partial charge in [-0.1, -0.05) is 6.08 Å². The Kier molecular flexibility index (Phi) is 7.91. The molecule has 6 nitrogen and oxygen atoms in total. The summed E-state index contributed by atoms with van der Waals surface area (Å²) in [5, 5.41) is 2.76. The summed E-state index contributed by atoms with van der Waals surface area (Å²) in [6, 6.07) is 0. The SMILES string of the molecule is C=CCNC(=O)CN1CCN(C(=O)CCCCN)CC1. The zero-order valence-electron chi connectivity index (χ0n) is 12.1. The van der Waals surface area contributed by atoms with Crippen LogP contribution in [0.2, 0.25) is 0 Å². The summed E-state index contributed by atoms with van der Waals surface area (Å²) < 4.78 is 0. The van der Waals surface area contributed by atoms with Gasteiger partial charge in [0.05, 0.1) is 6.54 Å². The van der Waals surface area contributed by atoms with Crippen LogP contribution in [0.15, 0.2) is 12.7 Å². The van der Waals surface area contributed by atoms with Crippen molar-refractivity contribution < 1.29 is 9.59 Å². The van der Waals surface area contributed by atoms with Gasteiger partial charge >= 0.3 is 0 Å². The molecular formula is C14H26N4O2. The molecular weight excluding hydrogens is 256 g/mol. The standard InChI is InChI=1S/C14H26N4O2/c1-2-7-16-13(19)12-17-8-10-18(11-9-17)14(20)5-3-4-6-15/h2H,1,3-12,15H2,(H,16,19). The van der Waals surface area contributed by atoms with Gasteiger partial charge in [-0.3, -0.25) is 14.5 Å². The lowest BCUT2D eigenvalue weighted by Crippen LogP contribution is -2.51. The van der Waals surface area contributed by atoms with Gasteiger partial charge in [0.25, 0.3) is 0 Å². The summed E-state index contributed by atoms with van der Waals surface area (Å²) in [7, 11) is 0. The predicted molar refractivity (Wildman–Crippen MR) is 79.1 cm³/mol. The van der Waals surface area contributed by atoms with E-state index in [2.05, 4.69) is 16.8 Å². The fraction of sp³-hybridized carbons (Fsp3) is 0.714. The number of nitrogens with two attached hydrogens (primary N) is 1. The Morgan fingerprint density at radius 2 is 1.90 bits per heavy atom. The van der Waals surface area contributed by atoms with E-state index in [1.807, 2.05) is 4.90 Å². The Hall–Kier alpha value is -1.40. The minimum absolute atomic E-state index is 0.00706. The van der Waals surface area contributed by atoms with Crippen LogP contribution in [0.4, 0.5) is 0 Å². The first-order chi connectivity index (χ1) is 9.67. The number of carbonyl (C=O) groups excluding carboxylic acids is 2. The van der Waals surface area contributed by atoms with Crippen molar-refractivity contribution in [1.82, 2.24) is 15.1 Å². The number of unbranched alkanes of at least 4 members (excludes halogenated alkanes) is 1. The highest BCUT2D eigenvalue weighted by Gasteiger charge is 2.21. The molecule has 0 aliphatic carbocycles. The van der Waals surface area contributed by atoms with Crippen molar-refractivity contribution in [3.8, 4) is 0 Å². The van der Waals surface area contributed by atoms with Crippen molar-refractivity contribution in [3.05, 3.63) is 12.7 Å². The first-order valence-electron chi connectivity index (χ1n) is 7.25. The van der Waals surface area contributed by atoms with Crippen LogP contribution in [-0.2, 0) is 9.59 Å². The molecule has 3 N–H and O–H groups in total. The highest BCUT2D eigenvalue weighted by atomic mass is 16.2. The molecule has 1 aliphatic rings. The van der Waals surface area contributed by atoms with Gasteiger partial charge in [0, 0.05) is 39.1 Å². The number of amides is 2. The van der Waals surface area contributed by atoms with Gasteiger partial charge in [-0.25, -0.2) is 0 Å². The summed E-state index contributed by atoms with van der Waals surface area (Å²) in [6.07, 6.45) is 4.00. The van der Waals surface area contributed by atoms with Crippen LogP contribution in [0, 0.1) is 0 Å². The van der Waals surface area contributed by atoms with Crippen molar-refractivity contribution in [2.24, 2.45) is 5.73 Å². The molecule has 0 spiro atoms. The molecule has 0 aromatic carbocycles. The highest BCUT2D eigenvalue weighted by molar-refractivity contribution is 5.78. The molecule has 0 unspecified atom stereocenters.